The third-order valence-electron chi connectivity index (χ3n) is 4.16. The van der Waals surface area contributed by atoms with Crippen molar-refractivity contribution in [3.63, 3.8) is 0 Å². The lowest BCUT2D eigenvalue weighted by atomic mass is 10.1. The van der Waals surface area contributed by atoms with E-state index in [0.717, 1.165) is 0 Å². The largest absolute Gasteiger partial charge is 0.467 e. The molecule has 2 atom stereocenters. The second-order valence-corrected chi connectivity index (χ2v) is 7.01. The highest BCUT2D eigenvalue weighted by Gasteiger charge is 2.37. The van der Waals surface area contributed by atoms with Crippen molar-refractivity contribution in [3.05, 3.63) is 41.2 Å². The minimum atomic E-state index is -1.04. The average Bonchev–Trinajstić information content (AvgIpc) is 3.37. The summed E-state index contributed by atoms with van der Waals surface area (Å²) in [6.45, 7) is 1.96. The summed E-state index contributed by atoms with van der Waals surface area (Å²) in [6.07, 6.45) is 0.519. The first-order valence-electron chi connectivity index (χ1n) is 8.27. The van der Waals surface area contributed by atoms with Crippen LogP contribution in [-0.4, -0.2) is 35.3 Å². The van der Waals surface area contributed by atoms with Gasteiger partial charge in [0.1, 0.15) is 16.8 Å². The minimum Gasteiger partial charge on any atom is -0.467 e. The fraction of sp³-hybridized carbons (Fsp3) is 0.333. The van der Waals surface area contributed by atoms with Gasteiger partial charge >= 0.3 is 5.97 Å². The lowest BCUT2D eigenvalue weighted by Gasteiger charge is -2.17. The molecule has 0 bridgehead atoms. The molecule has 8 nitrogen and oxygen atoms in total. The number of esters is 1. The monoisotopic (exact) mass is 387 g/mol. The van der Waals surface area contributed by atoms with Gasteiger partial charge in [-0.15, -0.1) is 11.3 Å². The number of hydrogen-bond donors (Lipinski definition) is 1. The molecule has 9 heteroatoms. The summed E-state index contributed by atoms with van der Waals surface area (Å²) in [5, 5.41) is 13.6. The molecule has 0 spiro atoms. The maximum absolute atomic E-state index is 12.3. The second-order valence-electron chi connectivity index (χ2n) is 6.10. The molecule has 0 unspecified atom stereocenters. The zero-order valence-corrected chi connectivity index (χ0v) is 15.3. The molecule has 1 saturated heterocycles. The van der Waals surface area contributed by atoms with E-state index in [1.165, 1.54) is 29.4 Å². The number of rotatable bonds is 6. The van der Waals surface area contributed by atoms with Crippen LogP contribution in [0, 0.1) is 17.2 Å². The normalized spacial score (nSPS) is 17.4. The van der Waals surface area contributed by atoms with E-state index in [4.69, 9.17) is 14.4 Å². The van der Waals surface area contributed by atoms with E-state index in [0.29, 0.717) is 22.9 Å². The van der Waals surface area contributed by atoms with E-state index in [2.05, 4.69) is 5.32 Å². The molecule has 2 amide bonds. The van der Waals surface area contributed by atoms with Crippen LogP contribution >= 0.6 is 11.3 Å². The Morgan fingerprint density at radius 3 is 3.04 bits per heavy atom. The lowest BCUT2D eigenvalue weighted by molar-refractivity contribution is -0.157. The van der Waals surface area contributed by atoms with E-state index < -0.39 is 23.9 Å². The molecular weight excluding hydrogens is 370 g/mol. The zero-order chi connectivity index (χ0) is 19.4. The molecule has 1 aliphatic rings. The molecule has 2 aromatic heterocycles. The second kappa shape index (κ2) is 8.05. The Morgan fingerprint density at radius 2 is 2.33 bits per heavy atom. The number of likely N-dealkylation sites (tertiary alicyclic amines) is 1. The summed E-state index contributed by atoms with van der Waals surface area (Å²) in [6, 6.07) is 7.05. The lowest BCUT2D eigenvalue weighted by Crippen LogP contribution is -2.33. The van der Waals surface area contributed by atoms with Crippen LogP contribution in [0.2, 0.25) is 0 Å². The van der Waals surface area contributed by atoms with Gasteiger partial charge in [0.2, 0.25) is 5.91 Å². The van der Waals surface area contributed by atoms with Crippen LogP contribution < -0.4 is 5.32 Å². The molecule has 0 aromatic carbocycles. The Balaban J connectivity index is 1.53. The summed E-state index contributed by atoms with van der Waals surface area (Å²) >= 11 is 1.21. The van der Waals surface area contributed by atoms with E-state index in [1.54, 1.807) is 23.6 Å². The van der Waals surface area contributed by atoms with E-state index >= 15 is 0 Å². The highest BCUT2D eigenvalue weighted by atomic mass is 32.1. The third kappa shape index (κ3) is 4.35. The number of furan rings is 1. The Kier molecular flexibility index (Phi) is 5.57. The summed E-state index contributed by atoms with van der Waals surface area (Å²) < 4.78 is 10.4. The van der Waals surface area contributed by atoms with Gasteiger partial charge in [-0.05, 0) is 30.5 Å². The van der Waals surface area contributed by atoms with Crippen LogP contribution in [-0.2, 0) is 25.7 Å². The van der Waals surface area contributed by atoms with Gasteiger partial charge in [-0.1, -0.05) is 0 Å². The number of carbonyl (C=O) groups excluding carboxylic acids is 3. The molecule has 0 aliphatic carbocycles. The molecule has 140 valence electrons. The van der Waals surface area contributed by atoms with Crippen molar-refractivity contribution in [1.29, 1.82) is 5.26 Å². The topological polar surface area (TPSA) is 113 Å². The van der Waals surface area contributed by atoms with Gasteiger partial charge in [-0.25, -0.2) is 0 Å². The number of ether oxygens (including phenoxy) is 1. The zero-order valence-electron chi connectivity index (χ0n) is 14.5. The Morgan fingerprint density at radius 1 is 1.52 bits per heavy atom. The van der Waals surface area contributed by atoms with E-state index in [9.17, 15) is 14.4 Å². The molecule has 1 N–H and O–H groups in total. The van der Waals surface area contributed by atoms with E-state index in [1.807, 2.05) is 6.07 Å². The summed E-state index contributed by atoms with van der Waals surface area (Å²) in [4.78, 5) is 38.1. The fourth-order valence-electron chi connectivity index (χ4n) is 2.71. The quantitative estimate of drug-likeness (QED) is 0.760. The van der Waals surface area contributed by atoms with Crippen molar-refractivity contribution in [2.24, 2.45) is 5.92 Å². The molecule has 27 heavy (non-hydrogen) atoms. The number of nitrogens with one attached hydrogen (secondary N) is 1. The number of nitrogens with zero attached hydrogens (tertiary/aromatic N) is 2. The maximum atomic E-state index is 12.3. The molecule has 0 radical (unpaired) electrons. The van der Waals surface area contributed by atoms with Crippen LogP contribution in [0.15, 0.2) is 34.3 Å². The molecule has 3 heterocycles. The molecule has 1 aliphatic heterocycles. The predicted molar refractivity (Wildman–Crippen MR) is 95.4 cm³/mol. The first kappa shape index (κ1) is 18.7. The molecular formula is C18H17N3O5S. The number of hydrogen-bond acceptors (Lipinski definition) is 7. The highest BCUT2D eigenvalue weighted by molar-refractivity contribution is 7.14. The van der Waals surface area contributed by atoms with Crippen molar-refractivity contribution in [2.45, 2.75) is 26.0 Å². The van der Waals surface area contributed by atoms with Gasteiger partial charge < -0.3 is 19.4 Å². The molecule has 2 aromatic rings. The SMILES string of the molecule is C[C@H](OC(=O)[C@@H]1CC(=O)N(Cc2ccco2)C1)C(=O)Nc1sccc1C#N. The van der Waals surface area contributed by atoms with Crippen LogP contribution in [0.25, 0.3) is 0 Å². The smallest absolute Gasteiger partial charge is 0.312 e. The fourth-order valence-corrected chi connectivity index (χ4v) is 3.45. The Bertz CT molecular complexity index is 883. The number of carbonyl (C=O) groups is 3. The molecule has 0 saturated carbocycles. The summed E-state index contributed by atoms with van der Waals surface area (Å²) in [5.41, 5.74) is 0.349. The van der Waals surface area contributed by atoms with Crippen LogP contribution in [0.4, 0.5) is 5.00 Å². The number of nitriles is 1. The maximum Gasteiger partial charge on any atom is 0.312 e. The first-order chi connectivity index (χ1) is 13.0. The van der Waals surface area contributed by atoms with Crippen molar-refractivity contribution in [1.82, 2.24) is 4.90 Å². The van der Waals surface area contributed by atoms with Crippen molar-refractivity contribution >= 4 is 34.1 Å². The summed E-state index contributed by atoms with van der Waals surface area (Å²) in [5.74, 6) is -1.28. The number of thiophene rings is 1. The van der Waals surface area contributed by atoms with Gasteiger partial charge in [0.05, 0.1) is 24.3 Å². The first-order valence-corrected chi connectivity index (χ1v) is 9.15. The Labute approximate surface area is 159 Å². The highest BCUT2D eigenvalue weighted by Crippen LogP contribution is 2.24. The standard InChI is InChI=1S/C18H17N3O5S/c1-11(16(23)20-17-12(8-19)4-6-27-17)26-18(24)13-7-15(22)21(9-13)10-14-3-2-5-25-14/h2-6,11,13H,7,9-10H2,1H3,(H,20,23)/t11-,13+/m0/s1. The van der Waals surface area contributed by atoms with Crippen molar-refractivity contribution in [3.8, 4) is 6.07 Å². The molecule has 3 rings (SSSR count). The van der Waals surface area contributed by atoms with Crippen LogP contribution in [0.3, 0.4) is 0 Å². The van der Waals surface area contributed by atoms with E-state index in [-0.39, 0.29) is 18.9 Å². The Hall–Kier alpha value is -3.12. The average molecular weight is 387 g/mol. The molecule has 1 fully saturated rings. The number of amides is 2. The third-order valence-corrected chi connectivity index (χ3v) is 4.99. The minimum absolute atomic E-state index is 0.0391. The van der Waals surface area contributed by atoms with Crippen LogP contribution in [0.1, 0.15) is 24.7 Å². The van der Waals surface area contributed by atoms with Gasteiger partial charge in [0.25, 0.3) is 5.91 Å². The van der Waals surface area contributed by atoms with Crippen molar-refractivity contribution < 1.29 is 23.5 Å². The van der Waals surface area contributed by atoms with Gasteiger partial charge in [0.15, 0.2) is 6.10 Å². The van der Waals surface area contributed by atoms with Gasteiger partial charge in [0, 0.05) is 13.0 Å². The van der Waals surface area contributed by atoms with Crippen molar-refractivity contribution in [2.75, 3.05) is 11.9 Å². The van der Waals surface area contributed by atoms with Crippen LogP contribution in [0.5, 0.6) is 0 Å². The van der Waals surface area contributed by atoms with Gasteiger partial charge in [-0.3, -0.25) is 14.4 Å². The predicted octanol–water partition coefficient (Wildman–Crippen LogP) is 2.13. The van der Waals surface area contributed by atoms with Gasteiger partial charge in [-0.2, -0.15) is 5.26 Å². The number of anilines is 1. The summed E-state index contributed by atoms with van der Waals surface area (Å²) in [7, 11) is 0.